The lowest BCUT2D eigenvalue weighted by atomic mass is 9.71. The molecule has 0 amide bonds. The Morgan fingerprint density at radius 1 is 1.20 bits per heavy atom. The fraction of sp³-hybridized carbons (Fsp3) is 0.667. The minimum Gasteiger partial charge on any atom is -0.398 e. The van der Waals surface area contributed by atoms with E-state index in [-0.39, 0.29) is 11.2 Å². The number of hydrogen-bond donors (Lipinski definition) is 1. The topological polar surface area (TPSA) is 57.4 Å². The molecule has 0 spiro atoms. The third kappa shape index (κ3) is 2.04. The number of hydrogen-bond acceptors (Lipinski definition) is 4. The molecule has 1 aliphatic carbocycles. The van der Waals surface area contributed by atoms with E-state index in [1.165, 1.54) is 19.3 Å². The molecular formula is C15H23BN2O2. The maximum absolute atomic E-state index is 6.18. The van der Waals surface area contributed by atoms with E-state index in [0.717, 1.165) is 16.8 Å². The highest BCUT2D eigenvalue weighted by atomic mass is 16.7. The Hall–Kier alpha value is -1.07. The normalized spacial score (nSPS) is 24.7. The van der Waals surface area contributed by atoms with Crippen molar-refractivity contribution in [3.8, 4) is 0 Å². The average Bonchev–Trinajstić information content (AvgIpc) is 2.48. The van der Waals surface area contributed by atoms with Gasteiger partial charge in [0, 0.05) is 11.9 Å². The van der Waals surface area contributed by atoms with Gasteiger partial charge in [-0.25, -0.2) is 0 Å². The molecule has 2 fully saturated rings. The number of aromatic nitrogens is 1. The van der Waals surface area contributed by atoms with Crippen LogP contribution in [0.25, 0.3) is 0 Å². The molecule has 0 aromatic carbocycles. The van der Waals surface area contributed by atoms with Crippen LogP contribution in [0.1, 0.15) is 58.4 Å². The number of anilines is 1. The molecule has 108 valence electrons. The van der Waals surface area contributed by atoms with E-state index >= 15 is 0 Å². The fourth-order valence-corrected chi connectivity index (χ4v) is 2.79. The molecule has 2 aliphatic rings. The molecular weight excluding hydrogens is 251 g/mol. The van der Waals surface area contributed by atoms with Crippen LogP contribution < -0.4 is 11.3 Å². The number of pyridine rings is 1. The fourth-order valence-electron chi connectivity index (χ4n) is 2.79. The first-order valence-electron chi connectivity index (χ1n) is 7.42. The summed E-state index contributed by atoms with van der Waals surface area (Å²) in [6.45, 7) is 8.23. The Balaban J connectivity index is 1.97. The van der Waals surface area contributed by atoms with Crippen molar-refractivity contribution in [1.82, 2.24) is 4.98 Å². The van der Waals surface area contributed by atoms with Crippen molar-refractivity contribution in [2.24, 2.45) is 0 Å². The molecule has 2 heterocycles. The number of nitrogens with two attached hydrogens (primary N) is 1. The van der Waals surface area contributed by atoms with Crippen LogP contribution in [0.3, 0.4) is 0 Å². The third-order valence-corrected chi connectivity index (χ3v) is 5.04. The molecule has 1 aromatic heterocycles. The van der Waals surface area contributed by atoms with Crippen LogP contribution in [0.2, 0.25) is 0 Å². The van der Waals surface area contributed by atoms with Gasteiger partial charge in [0.25, 0.3) is 0 Å². The Labute approximate surface area is 121 Å². The Morgan fingerprint density at radius 3 is 2.30 bits per heavy atom. The second kappa shape index (κ2) is 4.47. The summed E-state index contributed by atoms with van der Waals surface area (Å²) in [4.78, 5) is 4.53. The van der Waals surface area contributed by atoms with Crippen LogP contribution in [-0.2, 0) is 9.31 Å². The molecule has 0 atom stereocenters. The van der Waals surface area contributed by atoms with Crippen molar-refractivity contribution in [3.05, 3.63) is 17.8 Å². The largest absolute Gasteiger partial charge is 0.514 e. The summed E-state index contributed by atoms with van der Waals surface area (Å²) >= 11 is 0. The van der Waals surface area contributed by atoms with E-state index in [1.807, 2.05) is 6.07 Å². The van der Waals surface area contributed by atoms with Gasteiger partial charge in [0.15, 0.2) is 0 Å². The molecule has 1 aliphatic heterocycles. The zero-order valence-corrected chi connectivity index (χ0v) is 12.8. The first-order chi connectivity index (χ1) is 9.32. The van der Waals surface area contributed by atoms with E-state index in [1.54, 1.807) is 6.20 Å². The summed E-state index contributed by atoms with van der Waals surface area (Å²) in [6, 6.07) is 1.88. The van der Waals surface area contributed by atoms with Crippen molar-refractivity contribution in [2.75, 3.05) is 5.73 Å². The van der Waals surface area contributed by atoms with Crippen LogP contribution in [0, 0.1) is 0 Å². The summed E-state index contributed by atoms with van der Waals surface area (Å²) < 4.78 is 12.2. The minimum atomic E-state index is -0.418. The molecule has 0 bridgehead atoms. The molecule has 1 saturated carbocycles. The number of rotatable bonds is 2. The third-order valence-electron chi connectivity index (χ3n) is 5.04. The SMILES string of the molecule is CC1(C)OB(c2nccc(N)c2C2CCC2)OC1(C)C. The van der Waals surface area contributed by atoms with Gasteiger partial charge in [-0.2, -0.15) is 0 Å². The predicted molar refractivity (Wildman–Crippen MR) is 81.0 cm³/mol. The molecule has 20 heavy (non-hydrogen) atoms. The second-order valence-corrected chi connectivity index (χ2v) is 6.92. The van der Waals surface area contributed by atoms with Crippen molar-refractivity contribution < 1.29 is 9.31 Å². The minimum absolute atomic E-state index is 0.346. The highest BCUT2D eigenvalue weighted by Gasteiger charge is 2.53. The van der Waals surface area contributed by atoms with Gasteiger partial charge >= 0.3 is 7.12 Å². The molecule has 2 N–H and O–H groups in total. The van der Waals surface area contributed by atoms with Gasteiger partial charge in [-0.15, -0.1) is 0 Å². The van der Waals surface area contributed by atoms with Crippen molar-refractivity contribution in [3.63, 3.8) is 0 Å². The summed E-state index contributed by atoms with van der Waals surface area (Å²) in [5.74, 6) is 0.512. The molecule has 0 radical (unpaired) electrons. The number of nitrogen functional groups attached to an aromatic ring is 1. The average molecular weight is 274 g/mol. The van der Waals surface area contributed by atoms with Gasteiger partial charge in [-0.05, 0) is 58.1 Å². The van der Waals surface area contributed by atoms with E-state index < -0.39 is 7.12 Å². The lowest BCUT2D eigenvalue weighted by molar-refractivity contribution is 0.00578. The summed E-state index contributed by atoms with van der Waals surface area (Å²) in [5.41, 5.74) is 8.31. The highest BCUT2D eigenvalue weighted by Crippen LogP contribution is 2.40. The predicted octanol–water partition coefficient (Wildman–Crippen LogP) is 2.23. The van der Waals surface area contributed by atoms with Crippen LogP contribution in [0.4, 0.5) is 5.69 Å². The first kappa shape index (κ1) is 13.9. The van der Waals surface area contributed by atoms with E-state index in [0.29, 0.717) is 5.92 Å². The van der Waals surface area contributed by atoms with Gasteiger partial charge in [-0.1, -0.05) is 6.42 Å². The lowest BCUT2D eigenvalue weighted by Crippen LogP contribution is -2.41. The molecule has 0 unspecified atom stereocenters. The van der Waals surface area contributed by atoms with E-state index in [4.69, 9.17) is 15.0 Å². The van der Waals surface area contributed by atoms with Gasteiger partial charge in [-0.3, -0.25) is 4.98 Å². The zero-order valence-electron chi connectivity index (χ0n) is 12.8. The van der Waals surface area contributed by atoms with Crippen LogP contribution >= 0.6 is 0 Å². The number of nitrogens with zero attached hydrogens (tertiary/aromatic N) is 1. The maximum atomic E-state index is 6.18. The highest BCUT2D eigenvalue weighted by molar-refractivity contribution is 6.61. The molecule has 1 saturated heterocycles. The summed E-state index contributed by atoms with van der Waals surface area (Å²) in [6.07, 6.45) is 5.38. The maximum Gasteiger partial charge on any atom is 0.514 e. The smallest absolute Gasteiger partial charge is 0.398 e. The van der Waals surface area contributed by atoms with E-state index in [9.17, 15) is 0 Å². The zero-order chi connectivity index (χ0) is 14.5. The van der Waals surface area contributed by atoms with Crippen LogP contribution in [0.15, 0.2) is 12.3 Å². The van der Waals surface area contributed by atoms with E-state index in [2.05, 4.69) is 32.7 Å². The van der Waals surface area contributed by atoms with Crippen molar-refractivity contribution in [2.45, 2.75) is 64.1 Å². The summed E-state index contributed by atoms with van der Waals surface area (Å²) in [7, 11) is -0.418. The quantitative estimate of drug-likeness (QED) is 0.840. The van der Waals surface area contributed by atoms with Crippen molar-refractivity contribution in [1.29, 1.82) is 0 Å². The molecule has 4 nitrogen and oxygen atoms in total. The standard InChI is InChI=1S/C15H23BN2O2/c1-14(2)15(3,4)20-16(19-14)13-12(10-6-5-7-10)11(17)8-9-18-13/h8-10H,5-7H2,1-4H3,(H2,17,18). The lowest BCUT2D eigenvalue weighted by Gasteiger charge is -2.32. The van der Waals surface area contributed by atoms with Gasteiger partial charge in [0.2, 0.25) is 0 Å². The van der Waals surface area contributed by atoms with Gasteiger partial charge in [0.05, 0.1) is 16.8 Å². The molecule has 1 aromatic rings. The Kier molecular flexibility index (Phi) is 3.10. The van der Waals surface area contributed by atoms with Crippen molar-refractivity contribution >= 4 is 18.4 Å². The van der Waals surface area contributed by atoms with Crippen LogP contribution in [0.5, 0.6) is 0 Å². The monoisotopic (exact) mass is 274 g/mol. The molecule has 5 heteroatoms. The van der Waals surface area contributed by atoms with Gasteiger partial charge in [0.1, 0.15) is 0 Å². The second-order valence-electron chi connectivity index (χ2n) is 6.92. The summed E-state index contributed by atoms with van der Waals surface area (Å²) in [5, 5.41) is 0. The molecule has 3 rings (SSSR count). The first-order valence-corrected chi connectivity index (χ1v) is 7.42. The Morgan fingerprint density at radius 2 is 1.80 bits per heavy atom. The van der Waals surface area contributed by atoms with Crippen LogP contribution in [-0.4, -0.2) is 23.3 Å². The van der Waals surface area contributed by atoms with Gasteiger partial charge < -0.3 is 15.0 Å². The Bertz CT molecular complexity index is 511.